The average molecular weight is 249 g/mol. The molecule has 0 aromatic carbocycles. The minimum atomic E-state index is 0.428. The third-order valence-corrected chi connectivity index (χ3v) is 3.33. The van der Waals surface area contributed by atoms with Crippen LogP contribution in [0.5, 0.6) is 0 Å². The van der Waals surface area contributed by atoms with Crippen molar-refractivity contribution >= 4 is 5.82 Å². The lowest BCUT2D eigenvalue weighted by atomic mass is 10.1. The molecule has 1 aliphatic rings. The summed E-state index contributed by atoms with van der Waals surface area (Å²) in [5.41, 5.74) is 1.08. The molecule has 0 saturated carbocycles. The zero-order valence-electron chi connectivity index (χ0n) is 11.4. The summed E-state index contributed by atoms with van der Waals surface area (Å²) in [7, 11) is 0. The first kappa shape index (κ1) is 13.3. The molecular weight excluding hydrogens is 226 g/mol. The molecule has 1 aromatic heterocycles. The van der Waals surface area contributed by atoms with Gasteiger partial charge in [0, 0.05) is 24.9 Å². The molecule has 2 heterocycles. The number of rotatable bonds is 5. The molecule has 0 radical (unpaired) electrons. The minimum absolute atomic E-state index is 0.428. The summed E-state index contributed by atoms with van der Waals surface area (Å²) in [6.45, 7) is 6.12. The van der Waals surface area contributed by atoms with Crippen molar-refractivity contribution in [2.75, 3.05) is 18.5 Å². The molecule has 0 aliphatic carbocycles. The quantitative estimate of drug-likeness (QED) is 0.871. The Hall–Kier alpha value is -1.16. The maximum absolute atomic E-state index is 5.71. The Morgan fingerprint density at radius 3 is 3.00 bits per heavy atom. The molecule has 1 aromatic rings. The fraction of sp³-hybridized carbons (Fsp3) is 0.714. The van der Waals surface area contributed by atoms with E-state index in [-0.39, 0.29) is 0 Å². The monoisotopic (exact) mass is 249 g/mol. The van der Waals surface area contributed by atoms with E-state index < -0.39 is 0 Å². The van der Waals surface area contributed by atoms with Gasteiger partial charge in [0.1, 0.15) is 12.1 Å². The number of nitrogens with zero attached hydrogens (tertiary/aromatic N) is 2. The largest absolute Gasteiger partial charge is 0.378 e. The standard InChI is InChI=1S/C14H23N3O/c1-11(2)13-9-14(17-10-16-13)15-7-6-12-5-3-4-8-18-12/h9-12H,3-8H2,1-2H3,(H,15,16,17)/t12-/m0/s1. The van der Waals surface area contributed by atoms with Gasteiger partial charge in [0.15, 0.2) is 0 Å². The van der Waals surface area contributed by atoms with Crippen LogP contribution in [0.15, 0.2) is 12.4 Å². The van der Waals surface area contributed by atoms with Crippen LogP contribution < -0.4 is 5.32 Å². The summed E-state index contributed by atoms with van der Waals surface area (Å²) in [5, 5.41) is 3.36. The number of aromatic nitrogens is 2. The zero-order chi connectivity index (χ0) is 12.8. The maximum Gasteiger partial charge on any atom is 0.129 e. The number of anilines is 1. The molecule has 1 N–H and O–H groups in total. The Bertz CT molecular complexity index is 362. The molecular formula is C14H23N3O. The topological polar surface area (TPSA) is 47.0 Å². The Morgan fingerprint density at radius 1 is 1.39 bits per heavy atom. The first-order valence-electron chi connectivity index (χ1n) is 6.93. The van der Waals surface area contributed by atoms with Gasteiger partial charge in [-0.3, -0.25) is 0 Å². The summed E-state index contributed by atoms with van der Waals surface area (Å²) < 4.78 is 5.71. The van der Waals surface area contributed by atoms with Gasteiger partial charge in [-0.25, -0.2) is 9.97 Å². The van der Waals surface area contributed by atoms with Crippen LogP contribution in [0.2, 0.25) is 0 Å². The van der Waals surface area contributed by atoms with E-state index in [0.717, 1.165) is 31.1 Å². The lowest BCUT2D eigenvalue weighted by Gasteiger charge is -2.22. The van der Waals surface area contributed by atoms with Gasteiger partial charge in [-0.2, -0.15) is 0 Å². The van der Waals surface area contributed by atoms with Crippen molar-refractivity contribution in [1.82, 2.24) is 9.97 Å². The Morgan fingerprint density at radius 2 is 2.28 bits per heavy atom. The number of hydrogen-bond acceptors (Lipinski definition) is 4. The third kappa shape index (κ3) is 3.95. The molecule has 1 atom stereocenters. The van der Waals surface area contributed by atoms with Crippen molar-refractivity contribution in [3.05, 3.63) is 18.1 Å². The predicted octanol–water partition coefficient (Wildman–Crippen LogP) is 2.97. The van der Waals surface area contributed by atoms with Gasteiger partial charge in [0.2, 0.25) is 0 Å². The number of hydrogen-bond donors (Lipinski definition) is 1. The molecule has 1 aliphatic heterocycles. The molecule has 18 heavy (non-hydrogen) atoms. The summed E-state index contributed by atoms with van der Waals surface area (Å²) >= 11 is 0. The molecule has 4 nitrogen and oxygen atoms in total. The third-order valence-electron chi connectivity index (χ3n) is 3.33. The van der Waals surface area contributed by atoms with E-state index in [1.165, 1.54) is 19.3 Å². The second kappa shape index (κ2) is 6.69. The summed E-state index contributed by atoms with van der Waals surface area (Å²) in [4.78, 5) is 8.50. The lowest BCUT2D eigenvalue weighted by Crippen LogP contribution is -2.22. The first-order valence-corrected chi connectivity index (χ1v) is 6.93. The Labute approximate surface area is 109 Å². The average Bonchev–Trinajstić information content (AvgIpc) is 2.40. The fourth-order valence-electron chi connectivity index (χ4n) is 2.18. The summed E-state index contributed by atoms with van der Waals surface area (Å²) in [6.07, 6.45) is 6.83. The molecule has 0 spiro atoms. The van der Waals surface area contributed by atoms with E-state index in [2.05, 4.69) is 29.1 Å². The van der Waals surface area contributed by atoms with Crippen LogP contribution in [0.4, 0.5) is 5.82 Å². The van der Waals surface area contributed by atoms with Gasteiger partial charge in [0.25, 0.3) is 0 Å². The van der Waals surface area contributed by atoms with E-state index >= 15 is 0 Å². The van der Waals surface area contributed by atoms with Crippen molar-refractivity contribution in [2.24, 2.45) is 0 Å². The van der Waals surface area contributed by atoms with Crippen molar-refractivity contribution in [1.29, 1.82) is 0 Å². The van der Waals surface area contributed by atoms with E-state index in [4.69, 9.17) is 4.74 Å². The van der Waals surface area contributed by atoms with Crippen LogP contribution in [0.1, 0.15) is 51.1 Å². The van der Waals surface area contributed by atoms with Crippen molar-refractivity contribution in [3.8, 4) is 0 Å². The molecule has 1 saturated heterocycles. The molecule has 4 heteroatoms. The second-order valence-corrected chi connectivity index (χ2v) is 5.19. The van der Waals surface area contributed by atoms with Crippen molar-refractivity contribution in [2.45, 2.75) is 51.6 Å². The Kier molecular flexibility index (Phi) is 4.93. The smallest absolute Gasteiger partial charge is 0.129 e. The number of nitrogens with one attached hydrogen (secondary N) is 1. The zero-order valence-corrected chi connectivity index (χ0v) is 11.4. The summed E-state index contributed by atoms with van der Waals surface area (Å²) in [6, 6.07) is 2.03. The first-order chi connectivity index (χ1) is 8.75. The van der Waals surface area contributed by atoms with Crippen molar-refractivity contribution < 1.29 is 4.74 Å². The van der Waals surface area contributed by atoms with Crippen LogP contribution in [0, 0.1) is 0 Å². The molecule has 2 rings (SSSR count). The highest BCUT2D eigenvalue weighted by Gasteiger charge is 2.13. The van der Waals surface area contributed by atoms with E-state index in [1.807, 2.05) is 6.07 Å². The molecule has 100 valence electrons. The van der Waals surface area contributed by atoms with Crippen LogP contribution in [0.3, 0.4) is 0 Å². The SMILES string of the molecule is CC(C)c1cc(NCC[C@@H]2CCCCO2)ncn1. The highest BCUT2D eigenvalue weighted by Crippen LogP contribution is 2.16. The van der Waals surface area contributed by atoms with E-state index in [9.17, 15) is 0 Å². The van der Waals surface area contributed by atoms with Crippen molar-refractivity contribution in [3.63, 3.8) is 0 Å². The fourth-order valence-corrected chi connectivity index (χ4v) is 2.18. The van der Waals surface area contributed by atoms with Crippen LogP contribution in [0.25, 0.3) is 0 Å². The molecule has 0 unspecified atom stereocenters. The molecule has 0 amide bonds. The predicted molar refractivity (Wildman–Crippen MR) is 72.8 cm³/mol. The van der Waals surface area contributed by atoms with Gasteiger partial charge in [0.05, 0.1) is 6.10 Å². The van der Waals surface area contributed by atoms with Gasteiger partial charge in [-0.15, -0.1) is 0 Å². The van der Waals surface area contributed by atoms with Crippen LogP contribution >= 0.6 is 0 Å². The molecule has 1 fully saturated rings. The van der Waals surface area contributed by atoms with Gasteiger partial charge < -0.3 is 10.1 Å². The highest BCUT2D eigenvalue weighted by molar-refractivity contribution is 5.35. The van der Waals surface area contributed by atoms with Crippen LogP contribution in [-0.4, -0.2) is 29.2 Å². The maximum atomic E-state index is 5.71. The van der Waals surface area contributed by atoms with Gasteiger partial charge in [-0.05, 0) is 31.6 Å². The second-order valence-electron chi connectivity index (χ2n) is 5.19. The lowest BCUT2D eigenvalue weighted by molar-refractivity contribution is 0.0134. The minimum Gasteiger partial charge on any atom is -0.378 e. The van der Waals surface area contributed by atoms with Gasteiger partial charge in [-0.1, -0.05) is 13.8 Å². The van der Waals surface area contributed by atoms with Crippen LogP contribution in [-0.2, 0) is 4.74 Å². The van der Waals surface area contributed by atoms with Gasteiger partial charge >= 0.3 is 0 Å². The number of ether oxygens (including phenoxy) is 1. The highest BCUT2D eigenvalue weighted by atomic mass is 16.5. The normalized spacial score (nSPS) is 20.1. The summed E-state index contributed by atoms with van der Waals surface area (Å²) in [5.74, 6) is 1.36. The Balaban J connectivity index is 1.77. The van der Waals surface area contributed by atoms with E-state index in [0.29, 0.717) is 12.0 Å². The molecule has 0 bridgehead atoms. The van der Waals surface area contributed by atoms with E-state index in [1.54, 1.807) is 6.33 Å².